The van der Waals surface area contributed by atoms with Crippen molar-refractivity contribution in [2.24, 2.45) is 0 Å². The lowest BCUT2D eigenvalue weighted by Gasteiger charge is -2.13. The molecule has 21 heavy (non-hydrogen) atoms. The van der Waals surface area contributed by atoms with Crippen LogP contribution in [0.2, 0.25) is 10.0 Å². The van der Waals surface area contributed by atoms with Crippen molar-refractivity contribution in [1.29, 1.82) is 0 Å². The van der Waals surface area contributed by atoms with E-state index in [0.717, 1.165) is 5.56 Å². The fraction of sp³-hybridized carbons (Fsp3) is 0.143. The van der Waals surface area contributed by atoms with Gasteiger partial charge in [0.2, 0.25) is 0 Å². The summed E-state index contributed by atoms with van der Waals surface area (Å²) in [5.74, 6) is 0. The van der Waals surface area contributed by atoms with Crippen LogP contribution in [0.1, 0.15) is 11.1 Å². The van der Waals surface area contributed by atoms with E-state index in [9.17, 15) is 8.42 Å². The molecular weight excluding hydrogens is 331 g/mol. The van der Waals surface area contributed by atoms with E-state index in [0.29, 0.717) is 22.0 Å². The molecule has 3 N–H and O–H groups in total. The number of nitrogen functional groups attached to an aromatic ring is 1. The number of nitrogens with one attached hydrogen (secondary N) is 1. The van der Waals surface area contributed by atoms with Crippen LogP contribution in [-0.2, 0) is 10.0 Å². The molecule has 0 aromatic heterocycles. The Kier molecular flexibility index (Phi) is 4.37. The number of sulfonamides is 1. The minimum Gasteiger partial charge on any atom is -0.398 e. The van der Waals surface area contributed by atoms with Gasteiger partial charge in [-0.3, -0.25) is 4.72 Å². The summed E-state index contributed by atoms with van der Waals surface area (Å²) in [5, 5.41) is 0.575. The van der Waals surface area contributed by atoms with Gasteiger partial charge >= 0.3 is 0 Å². The van der Waals surface area contributed by atoms with E-state index in [1.807, 2.05) is 6.92 Å². The van der Waals surface area contributed by atoms with Gasteiger partial charge in [-0.15, -0.1) is 0 Å². The SMILES string of the molecule is Cc1ccc(Cl)c(NS(=O)(=O)c2cc(Cl)cc(N)c2C)c1. The smallest absolute Gasteiger partial charge is 0.262 e. The highest BCUT2D eigenvalue weighted by Crippen LogP contribution is 2.30. The van der Waals surface area contributed by atoms with Gasteiger partial charge in [-0.25, -0.2) is 8.42 Å². The molecule has 7 heteroatoms. The fourth-order valence-electron chi connectivity index (χ4n) is 1.87. The molecule has 112 valence electrons. The third-order valence-corrected chi connectivity index (χ3v) is 5.06. The van der Waals surface area contributed by atoms with Gasteiger partial charge in [-0.1, -0.05) is 29.3 Å². The number of benzene rings is 2. The first kappa shape index (κ1) is 15.9. The van der Waals surface area contributed by atoms with E-state index in [-0.39, 0.29) is 9.92 Å². The van der Waals surface area contributed by atoms with Gasteiger partial charge in [0.25, 0.3) is 10.0 Å². The second-order valence-corrected chi connectivity index (χ2v) is 7.20. The topological polar surface area (TPSA) is 72.2 Å². The molecule has 0 fully saturated rings. The van der Waals surface area contributed by atoms with E-state index < -0.39 is 10.0 Å². The van der Waals surface area contributed by atoms with Crippen molar-refractivity contribution >= 4 is 44.6 Å². The van der Waals surface area contributed by atoms with E-state index in [1.165, 1.54) is 12.1 Å². The molecule has 0 heterocycles. The molecular formula is C14H14Cl2N2O2S. The first-order valence-corrected chi connectivity index (χ1v) is 8.29. The summed E-state index contributed by atoms with van der Waals surface area (Å²) in [4.78, 5) is 0.0325. The summed E-state index contributed by atoms with van der Waals surface area (Å²) in [6, 6.07) is 7.95. The minimum absolute atomic E-state index is 0.0325. The predicted molar refractivity (Wildman–Crippen MR) is 87.6 cm³/mol. The number of nitrogens with two attached hydrogens (primary N) is 1. The highest BCUT2D eigenvalue weighted by atomic mass is 35.5. The Morgan fingerprint density at radius 2 is 1.76 bits per heavy atom. The first-order chi connectivity index (χ1) is 9.70. The molecule has 2 aromatic carbocycles. The van der Waals surface area contributed by atoms with Crippen molar-refractivity contribution in [3.8, 4) is 0 Å². The maximum atomic E-state index is 12.5. The minimum atomic E-state index is -3.83. The molecule has 0 saturated heterocycles. The lowest BCUT2D eigenvalue weighted by molar-refractivity contribution is 0.600. The quantitative estimate of drug-likeness (QED) is 0.826. The van der Waals surface area contributed by atoms with Crippen LogP contribution in [0.4, 0.5) is 11.4 Å². The number of aryl methyl sites for hydroxylation is 1. The normalized spacial score (nSPS) is 11.4. The summed E-state index contributed by atoms with van der Waals surface area (Å²) in [6.07, 6.45) is 0. The number of hydrogen-bond donors (Lipinski definition) is 2. The molecule has 0 aliphatic carbocycles. The molecule has 0 aliphatic heterocycles. The molecule has 0 saturated carbocycles. The van der Waals surface area contributed by atoms with Crippen molar-refractivity contribution in [2.75, 3.05) is 10.5 Å². The van der Waals surface area contributed by atoms with Crippen LogP contribution in [0.15, 0.2) is 35.2 Å². The standard InChI is InChI=1S/C14H14Cl2N2O2S/c1-8-3-4-11(16)13(5-8)18-21(19,20)14-7-10(15)6-12(17)9(14)2/h3-7,18H,17H2,1-2H3. The zero-order chi connectivity index (χ0) is 15.8. The van der Waals surface area contributed by atoms with E-state index in [2.05, 4.69) is 4.72 Å². The van der Waals surface area contributed by atoms with Crippen LogP contribution in [0.5, 0.6) is 0 Å². The Labute approximate surface area is 133 Å². The highest BCUT2D eigenvalue weighted by Gasteiger charge is 2.20. The Morgan fingerprint density at radius 3 is 2.43 bits per heavy atom. The van der Waals surface area contributed by atoms with Gasteiger partial charge in [-0.05, 0) is 49.2 Å². The van der Waals surface area contributed by atoms with Gasteiger partial charge in [0.1, 0.15) is 0 Å². The van der Waals surface area contributed by atoms with Crippen LogP contribution in [0.25, 0.3) is 0 Å². The van der Waals surface area contributed by atoms with Crippen molar-refractivity contribution in [1.82, 2.24) is 0 Å². The fourth-order valence-corrected chi connectivity index (χ4v) is 3.75. The average Bonchev–Trinajstić information content (AvgIpc) is 2.37. The Balaban J connectivity index is 2.51. The van der Waals surface area contributed by atoms with Crippen molar-refractivity contribution in [2.45, 2.75) is 18.7 Å². The molecule has 0 bridgehead atoms. The maximum Gasteiger partial charge on any atom is 0.262 e. The van der Waals surface area contributed by atoms with Gasteiger partial charge in [-0.2, -0.15) is 0 Å². The van der Waals surface area contributed by atoms with Gasteiger partial charge in [0.15, 0.2) is 0 Å². The van der Waals surface area contributed by atoms with Gasteiger partial charge in [0, 0.05) is 10.7 Å². The molecule has 0 atom stereocenters. The Morgan fingerprint density at radius 1 is 1.10 bits per heavy atom. The molecule has 0 unspecified atom stereocenters. The van der Waals surface area contributed by atoms with E-state index in [1.54, 1.807) is 25.1 Å². The second-order valence-electron chi connectivity index (χ2n) is 4.71. The van der Waals surface area contributed by atoms with Crippen LogP contribution in [0.3, 0.4) is 0 Å². The van der Waals surface area contributed by atoms with Gasteiger partial charge in [0.05, 0.1) is 15.6 Å². The van der Waals surface area contributed by atoms with Crippen molar-refractivity contribution in [3.63, 3.8) is 0 Å². The zero-order valence-corrected chi connectivity index (χ0v) is 13.8. The molecule has 4 nitrogen and oxygen atoms in total. The van der Waals surface area contributed by atoms with Crippen LogP contribution >= 0.6 is 23.2 Å². The Bertz CT molecular complexity index is 805. The van der Waals surface area contributed by atoms with E-state index >= 15 is 0 Å². The summed E-state index contributed by atoms with van der Waals surface area (Å²) in [5.41, 5.74) is 7.72. The lowest BCUT2D eigenvalue weighted by atomic mass is 10.2. The summed E-state index contributed by atoms with van der Waals surface area (Å²) in [7, 11) is -3.83. The summed E-state index contributed by atoms with van der Waals surface area (Å²) < 4.78 is 27.5. The first-order valence-electron chi connectivity index (χ1n) is 6.05. The van der Waals surface area contributed by atoms with Crippen LogP contribution < -0.4 is 10.5 Å². The largest absolute Gasteiger partial charge is 0.398 e. The lowest BCUT2D eigenvalue weighted by Crippen LogP contribution is -2.15. The maximum absolute atomic E-state index is 12.5. The summed E-state index contributed by atoms with van der Waals surface area (Å²) >= 11 is 11.9. The predicted octanol–water partition coefficient (Wildman–Crippen LogP) is 3.99. The molecule has 0 radical (unpaired) electrons. The zero-order valence-electron chi connectivity index (χ0n) is 11.4. The number of hydrogen-bond acceptors (Lipinski definition) is 3. The average molecular weight is 345 g/mol. The second kappa shape index (κ2) is 5.75. The van der Waals surface area contributed by atoms with Crippen LogP contribution in [-0.4, -0.2) is 8.42 Å². The monoisotopic (exact) mass is 344 g/mol. The third kappa shape index (κ3) is 3.43. The number of anilines is 2. The number of rotatable bonds is 3. The molecule has 0 aliphatic rings. The van der Waals surface area contributed by atoms with Crippen molar-refractivity contribution in [3.05, 3.63) is 51.5 Å². The van der Waals surface area contributed by atoms with E-state index in [4.69, 9.17) is 28.9 Å². The van der Waals surface area contributed by atoms with Crippen LogP contribution in [0, 0.1) is 13.8 Å². The Hall–Kier alpha value is -1.43. The molecule has 0 spiro atoms. The number of halogens is 2. The molecule has 2 rings (SSSR count). The van der Waals surface area contributed by atoms with Crippen molar-refractivity contribution < 1.29 is 8.42 Å². The third-order valence-electron chi connectivity index (χ3n) is 3.02. The summed E-state index contributed by atoms with van der Waals surface area (Å²) in [6.45, 7) is 3.47. The molecule has 2 aromatic rings. The highest BCUT2D eigenvalue weighted by molar-refractivity contribution is 7.92. The molecule has 0 amide bonds. The van der Waals surface area contributed by atoms with Gasteiger partial charge < -0.3 is 5.73 Å².